The predicted octanol–water partition coefficient (Wildman–Crippen LogP) is 15.9. The van der Waals surface area contributed by atoms with Crippen molar-refractivity contribution in [2.24, 2.45) is 5.41 Å². The third-order valence-corrected chi connectivity index (χ3v) is 11.1. The van der Waals surface area contributed by atoms with Gasteiger partial charge in [-0.1, -0.05) is 194 Å². The van der Waals surface area contributed by atoms with E-state index >= 15 is 0 Å². The minimum atomic E-state index is 0.255. The van der Waals surface area contributed by atoms with E-state index in [-0.39, 0.29) is 5.41 Å². The van der Waals surface area contributed by atoms with E-state index in [1.807, 2.05) is 0 Å². The molecule has 0 radical (unpaired) electrons. The van der Waals surface area contributed by atoms with E-state index in [0.29, 0.717) is 0 Å². The second-order valence-corrected chi connectivity index (χ2v) is 18.5. The predicted molar refractivity (Wildman–Crippen MR) is 260 cm³/mol. The van der Waals surface area contributed by atoms with Crippen LogP contribution in [0.4, 0.5) is 0 Å². The second kappa shape index (κ2) is 42.2. The number of nitrogens with one attached hydrogen (secondary N) is 3. The van der Waals surface area contributed by atoms with E-state index in [9.17, 15) is 0 Å². The lowest BCUT2D eigenvalue weighted by Crippen LogP contribution is -2.35. The number of hydrogen-bond acceptors (Lipinski definition) is 4. The number of unbranched alkanes of at least 4 members (excludes halogenated alkanes) is 24. The summed E-state index contributed by atoms with van der Waals surface area (Å²) in [7, 11) is 0. The SMILES string of the molecule is C=C(CCN(CCNC(=C)CC(C)(C)C)CCC(=C)NCCCCCCCC/C=C\CCCCCCCC)NCCCCCCCC/C=C\CCCCCCCC. The van der Waals surface area contributed by atoms with Crippen LogP contribution in [0.2, 0.25) is 0 Å². The highest BCUT2D eigenvalue weighted by Crippen LogP contribution is 2.21. The Morgan fingerprint density at radius 2 is 0.719 bits per heavy atom. The van der Waals surface area contributed by atoms with E-state index in [1.165, 1.54) is 191 Å². The topological polar surface area (TPSA) is 39.3 Å². The van der Waals surface area contributed by atoms with Crippen molar-refractivity contribution in [1.29, 1.82) is 0 Å². The van der Waals surface area contributed by atoms with Crippen LogP contribution in [0.15, 0.2) is 61.1 Å². The van der Waals surface area contributed by atoms with Gasteiger partial charge in [-0.3, -0.25) is 0 Å². The van der Waals surface area contributed by atoms with Crippen LogP contribution in [-0.2, 0) is 0 Å². The van der Waals surface area contributed by atoms with E-state index in [0.717, 1.165) is 64.2 Å². The van der Waals surface area contributed by atoms with Gasteiger partial charge in [0.05, 0.1) is 0 Å². The van der Waals surface area contributed by atoms with Crippen LogP contribution in [0.25, 0.3) is 0 Å². The zero-order chi connectivity index (χ0) is 41.9. The fraction of sp³-hybridized carbons (Fsp3) is 0.811. The Morgan fingerprint density at radius 3 is 1.07 bits per heavy atom. The molecule has 0 aromatic heterocycles. The molecular formula is C53H102N4. The van der Waals surface area contributed by atoms with E-state index < -0.39 is 0 Å². The molecule has 0 saturated carbocycles. The molecule has 4 nitrogen and oxygen atoms in total. The van der Waals surface area contributed by atoms with Crippen LogP contribution in [-0.4, -0.2) is 44.2 Å². The van der Waals surface area contributed by atoms with E-state index in [2.05, 4.69) is 99.5 Å². The summed E-state index contributed by atoms with van der Waals surface area (Å²) >= 11 is 0. The van der Waals surface area contributed by atoms with Crippen molar-refractivity contribution in [2.45, 2.75) is 234 Å². The fourth-order valence-electron chi connectivity index (χ4n) is 7.47. The average Bonchev–Trinajstić information content (AvgIpc) is 3.17. The van der Waals surface area contributed by atoms with Crippen molar-refractivity contribution in [3.8, 4) is 0 Å². The van der Waals surface area contributed by atoms with Crippen molar-refractivity contribution in [3.63, 3.8) is 0 Å². The molecule has 0 bridgehead atoms. The van der Waals surface area contributed by atoms with Crippen LogP contribution in [0.1, 0.15) is 234 Å². The number of rotatable bonds is 45. The molecular weight excluding hydrogens is 693 g/mol. The van der Waals surface area contributed by atoms with Crippen LogP contribution in [0.5, 0.6) is 0 Å². The minimum absolute atomic E-state index is 0.255. The van der Waals surface area contributed by atoms with Gasteiger partial charge in [-0.25, -0.2) is 0 Å². The lowest BCUT2D eigenvalue weighted by atomic mass is 9.91. The van der Waals surface area contributed by atoms with E-state index in [4.69, 9.17) is 0 Å². The molecule has 0 saturated heterocycles. The molecule has 0 atom stereocenters. The number of hydrogen-bond donors (Lipinski definition) is 3. The van der Waals surface area contributed by atoms with Crippen molar-refractivity contribution < 1.29 is 0 Å². The maximum Gasteiger partial charge on any atom is 0.0271 e. The highest BCUT2D eigenvalue weighted by Gasteiger charge is 2.12. The van der Waals surface area contributed by atoms with Gasteiger partial charge in [-0.15, -0.1) is 0 Å². The maximum absolute atomic E-state index is 4.38. The first-order valence-corrected chi connectivity index (χ1v) is 24.9. The average molecular weight is 795 g/mol. The van der Waals surface area contributed by atoms with Gasteiger partial charge in [0.25, 0.3) is 0 Å². The molecule has 0 amide bonds. The highest BCUT2D eigenvalue weighted by atomic mass is 15.1. The molecule has 0 fully saturated rings. The summed E-state index contributed by atoms with van der Waals surface area (Å²) in [5.41, 5.74) is 3.75. The normalized spacial score (nSPS) is 12.0. The summed E-state index contributed by atoms with van der Waals surface area (Å²) in [4.78, 5) is 2.57. The fourth-order valence-corrected chi connectivity index (χ4v) is 7.47. The second-order valence-electron chi connectivity index (χ2n) is 18.5. The molecule has 0 aliphatic carbocycles. The molecule has 0 unspecified atom stereocenters. The van der Waals surface area contributed by atoms with Crippen LogP contribution >= 0.6 is 0 Å². The highest BCUT2D eigenvalue weighted by molar-refractivity contribution is 4.96. The maximum atomic E-state index is 4.38. The van der Waals surface area contributed by atoms with Crippen LogP contribution in [0, 0.1) is 5.41 Å². The number of nitrogens with zero attached hydrogens (tertiary/aromatic N) is 1. The first-order valence-electron chi connectivity index (χ1n) is 24.9. The molecule has 0 spiro atoms. The van der Waals surface area contributed by atoms with Crippen molar-refractivity contribution >= 4 is 0 Å². The Kier molecular flexibility index (Phi) is 40.8. The summed E-state index contributed by atoms with van der Waals surface area (Å²) in [6.45, 7) is 30.5. The van der Waals surface area contributed by atoms with Gasteiger partial charge < -0.3 is 20.9 Å². The van der Waals surface area contributed by atoms with Crippen molar-refractivity contribution in [2.75, 3.05) is 39.3 Å². The molecule has 0 aromatic carbocycles. The van der Waals surface area contributed by atoms with Crippen LogP contribution in [0.3, 0.4) is 0 Å². The third-order valence-electron chi connectivity index (χ3n) is 11.1. The molecule has 0 aliphatic rings. The van der Waals surface area contributed by atoms with E-state index in [1.54, 1.807) is 0 Å². The van der Waals surface area contributed by atoms with Gasteiger partial charge in [0.1, 0.15) is 0 Å². The lowest BCUT2D eigenvalue weighted by molar-refractivity contribution is 0.277. The Hall–Kier alpha value is -1.94. The Labute approximate surface area is 359 Å². The van der Waals surface area contributed by atoms with Crippen LogP contribution < -0.4 is 16.0 Å². The summed E-state index contributed by atoms with van der Waals surface area (Å²) < 4.78 is 0. The summed E-state index contributed by atoms with van der Waals surface area (Å²) in [5, 5.41) is 10.9. The largest absolute Gasteiger partial charge is 0.389 e. The molecule has 0 aromatic rings. The standard InChI is InChI=1S/C53H102N4/c1-9-11-13-15-17-19-21-23-25-27-29-31-33-35-37-39-43-54-50(3)41-46-57(48-45-56-52(5)49-53(6,7)8)47-42-51(4)55-44-40-38-36-34-32-30-28-26-24-22-20-18-16-14-12-10-2/h23-26,54-56H,3-5,9-22,27-49H2,1-2,6-8H3/b25-23-,26-24-. The van der Waals surface area contributed by atoms with Crippen molar-refractivity contribution in [1.82, 2.24) is 20.9 Å². The lowest BCUT2D eigenvalue weighted by Gasteiger charge is -2.26. The minimum Gasteiger partial charge on any atom is -0.389 e. The first-order chi connectivity index (χ1) is 27.7. The molecule has 4 heteroatoms. The zero-order valence-corrected chi connectivity index (χ0v) is 39.5. The van der Waals surface area contributed by atoms with Gasteiger partial charge >= 0.3 is 0 Å². The Balaban J connectivity index is 4.13. The molecule has 0 rings (SSSR count). The smallest absolute Gasteiger partial charge is 0.0271 e. The van der Waals surface area contributed by atoms with Gasteiger partial charge in [-0.2, -0.15) is 0 Å². The quantitative estimate of drug-likeness (QED) is 0.0424. The molecule has 0 heterocycles. The summed E-state index contributed by atoms with van der Waals surface area (Å²) in [5.74, 6) is 0. The summed E-state index contributed by atoms with van der Waals surface area (Å²) in [6.07, 6.45) is 50.5. The first kappa shape index (κ1) is 55.1. The summed E-state index contributed by atoms with van der Waals surface area (Å²) in [6, 6.07) is 0. The zero-order valence-electron chi connectivity index (χ0n) is 39.5. The molecule has 3 N–H and O–H groups in total. The van der Waals surface area contributed by atoms with Gasteiger partial charge in [0, 0.05) is 56.4 Å². The Bertz CT molecular complexity index is 896. The van der Waals surface area contributed by atoms with Crippen molar-refractivity contribution in [3.05, 3.63) is 61.1 Å². The molecule has 57 heavy (non-hydrogen) atoms. The monoisotopic (exact) mass is 795 g/mol. The number of allylic oxidation sites excluding steroid dienone is 5. The van der Waals surface area contributed by atoms with Gasteiger partial charge in [0.15, 0.2) is 0 Å². The van der Waals surface area contributed by atoms with Gasteiger partial charge in [0.2, 0.25) is 0 Å². The third kappa shape index (κ3) is 45.0. The molecule has 0 aliphatic heterocycles. The molecule has 334 valence electrons. The Morgan fingerprint density at radius 1 is 0.404 bits per heavy atom. The van der Waals surface area contributed by atoms with Gasteiger partial charge in [-0.05, 0) is 88.9 Å².